The van der Waals surface area contributed by atoms with Gasteiger partial charge in [-0.2, -0.15) is 8.78 Å². The maximum absolute atomic E-state index is 12.2. The van der Waals surface area contributed by atoms with E-state index < -0.39 is 6.61 Å². The molecule has 1 heterocycles. The summed E-state index contributed by atoms with van der Waals surface area (Å²) in [5, 5.41) is 2.79. The van der Waals surface area contributed by atoms with Crippen LogP contribution in [0.25, 0.3) is 0 Å². The van der Waals surface area contributed by atoms with Gasteiger partial charge in [-0.25, -0.2) is 9.97 Å². The lowest BCUT2D eigenvalue weighted by atomic mass is 10.1. The van der Waals surface area contributed by atoms with Crippen molar-refractivity contribution < 1.29 is 18.3 Å². The van der Waals surface area contributed by atoms with Crippen LogP contribution in [0.2, 0.25) is 0 Å². The summed E-state index contributed by atoms with van der Waals surface area (Å²) in [4.78, 5) is 19.6. The molecule has 0 radical (unpaired) electrons. The van der Waals surface area contributed by atoms with E-state index in [1.54, 1.807) is 31.5 Å². The zero-order chi connectivity index (χ0) is 15.9. The van der Waals surface area contributed by atoms with Gasteiger partial charge in [0.05, 0.1) is 12.5 Å². The molecule has 1 atom stereocenters. The average Bonchev–Trinajstić information content (AvgIpc) is 2.47. The Kier molecular flexibility index (Phi) is 5.35. The molecule has 1 amide bonds. The van der Waals surface area contributed by atoms with E-state index in [0.29, 0.717) is 11.1 Å². The standard InChI is InChI=1S/C15H15F2N3O2/c1-10(12-3-2-4-13(6-12)22-15(16)17)20-14(21)5-11-7-18-9-19-8-11/h2-4,6-10,15H,5H2,1H3,(H,20,21)/t10-/m0/s1. The number of nitrogens with zero attached hydrogens (tertiary/aromatic N) is 2. The van der Waals surface area contributed by atoms with Crippen molar-refractivity contribution in [2.45, 2.75) is 26.0 Å². The molecule has 0 aliphatic carbocycles. The molecule has 1 aromatic heterocycles. The summed E-state index contributed by atoms with van der Waals surface area (Å²) in [7, 11) is 0. The average molecular weight is 307 g/mol. The fourth-order valence-corrected chi connectivity index (χ4v) is 1.94. The summed E-state index contributed by atoms with van der Waals surface area (Å²) in [6.45, 7) is -1.11. The molecule has 5 nitrogen and oxygen atoms in total. The summed E-state index contributed by atoms with van der Waals surface area (Å²) in [6, 6.07) is 5.91. The molecule has 1 aromatic carbocycles. The molecule has 22 heavy (non-hydrogen) atoms. The summed E-state index contributed by atoms with van der Waals surface area (Å²) >= 11 is 0. The van der Waals surface area contributed by atoms with Gasteiger partial charge in [0, 0.05) is 12.4 Å². The fourth-order valence-electron chi connectivity index (χ4n) is 1.94. The van der Waals surface area contributed by atoms with Crippen molar-refractivity contribution in [2.75, 3.05) is 0 Å². The Morgan fingerprint density at radius 3 is 2.73 bits per heavy atom. The molecule has 0 spiro atoms. The van der Waals surface area contributed by atoms with Crippen molar-refractivity contribution >= 4 is 5.91 Å². The number of halogens is 2. The number of hydrogen-bond donors (Lipinski definition) is 1. The van der Waals surface area contributed by atoms with Gasteiger partial charge in [-0.15, -0.1) is 0 Å². The smallest absolute Gasteiger partial charge is 0.387 e. The maximum Gasteiger partial charge on any atom is 0.387 e. The molecule has 0 aliphatic heterocycles. The van der Waals surface area contributed by atoms with Gasteiger partial charge in [-0.3, -0.25) is 4.79 Å². The summed E-state index contributed by atoms with van der Waals surface area (Å²) < 4.78 is 28.7. The van der Waals surface area contributed by atoms with E-state index in [-0.39, 0.29) is 24.1 Å². The highest BCUT2D eigenvalue weighted by molar-refractivity contribution is 5.78. The lowest BCUT2D eigenvalue weighted by molar-refractivity contribution is -0.121. The van der Waals surface area contributed by atoms with Crippen molar-refractivity contribution in [2.24, 2.45) is 0 Å². The highest BCUT2D eigenvalue weighted by Crippen LogP contribution is 2.20. The molecule has 0 saturated heterocycles. The third-order valence-electron chi connectivity index (χ3n) is 2.94. The third kappa shape index (κ3) is 4.76. The Hall–Kier alpha value is -2.57. The molecule has 7 heteroatoms. The van der Waals surface area contributed by atoms with E-state index in [9.17, 15) is 13.6 Å². The minimum absolute atomic E-state index is 0.0602. The van der Waals surface area contributed by atoms with Crippen LogP contribution in [-0.2, 0) is 11.2 Å². The van der Waals surface area contributed by atoms with E-state index in [0.717, 1.165) is 0 Å². The van der Waals surface area contributed by atoms with E-state index in [4.69, 9.17) is 0 Å². The first-order valence-electron chi connectivity index (χ1n) is 6.62. The number of benzene rings is 1. The Balaban J connectivity index is 1.96. The maximum atomic E-state index is 12.2. The Morgan fingerprint density at radius 1 is 1.32 bits per heavy atom. The monoisotopic (exact) mass is 307 g/mol. The molecular formula is C15H15F2N3O2. The van der Waals surface area contributed by atoms with Crippen molar-refractivity contribution in [3.05, 3.63) is 54.1 Å². The normalized spacial score (nSPS) is 12.0. The van der Waals surface area contributed by atoms with Gasteiger partial charge in [0.25, 0.3) is 0 Å². The lowest BCUT2D eigenvalue weighted by Gasteiger charge is -2.15. The zero-order valence-corrected chi connectivity index (χ0v) is 11.9. The second kappa shape index (κ2) is 7.44. The number of aromatic nitrogens is 2. The summed E-state index contributed by atoms with van der Waals surface area (Å²) in [6.07, 6.45) is 4.67. The number of alkyl halides is 2. The van der Waals surface area contributed by atoms with Gasteiger partial charge in [0.1, 0.15) is 12.1 Å². The number of nitrogens with one attached hydrogen (secondary N) is 1. The molecule has 0 fully saturated rings. The van der Waals surface area contributed by atoms with Crippen LogP contribution in [-0.4, -0.2) is 22.5 Å². The predicted octanol–water partition coefficient (Wildman–Crippen LogP) is 2.50. The molecule has 1 N–H and O–H groups in total. The second-order valence-electron chi connectivity index (χ2n) is 4.66. The number of carbonyl (C=O) groups excluding carboxylic acids is 1. The van der Waals surface area contributed by atoms with Gasteiger partial charge >= 0.3 is 6.61 Å². The fraction of sp³-hybridized carbons (Fsp3) is 0.267. The van der Waals surface area contributed by atoms with E-state index in [2.05, 4.69) is 20.0 Å². The van der Waals surface area contributed by atoms with Gasteiger partial charge in [-0.05, 0) is 30.2 Å². The highest BCUT2D eigenvalue weighted by atomic mass is 19.3. The van der Waals surface area contributed by atoms with Crippen LogP contribution in [0.5, 0.6) is 5.75 Å². The molecule has 116 valence electrons. The zero-order valence-electron chi connectivity index (χ0n) is 11.9. The highest BCUT2D eigenvalue weighted by Gasteiger charge is 2.12. The number of rotatable bonds is 6. The lowest BCUT2D eigenvalue weighted by Crippen LogP contribution is -2.28. The van der Waals surface area contributed by atoms with Crippen LogP contribution < -0.4 is 10.1 Å². The summed E-state index contributed by atoms with van der Waals surface area (Å²) in [5.74, 6) is -0.146. The second-order valence-corrected chi connectivity index (χ2v) is 4.66. The first kappa shape index (κ1) is 15.8. The minimum Gasteiger partial charge on any atom is -0.435 e. The number of carbonyl (C=O) groups is 1. The summed E-state index contributed by atoms with van der Waals surface area (Å²) in [5.41, 5.74) is 1.37. The van der Waals surface area contributed by atoms with Crippen LogP contribution >= 0.6 is 0 Å². The Morgan fingerprint density at radius 2 is 2.05 bits per heavy atom. The molecule has 0 saturated carbocycles. The molecule has 2 rings (SSSR count). The Labute approximate surface area is 126 Å². The van der Waals surface area contributed by atoms with Crippen LogP contribution in [0.4, 0.5) is 8.78 Å². The van der Waals surface area contributed by atoms with Crippen molar-refractivity contribution in [3.63, 3.8) is 0 Å². The first-order chi connectivity index (χ1) is 10.5. The molecular weight excluding hydrogens is 292 g/mol. The Bertz CT molecular complexity index is 623. The first-order valence-corrected chi connectivity index (χ1v) is 6.62. The number of hydrogen-bond acceptors (Lipinski definition) is 4. The number of ether oxygens (including phenoxy) is 1. The van der Waals surface area contributed by atoms with Crippen molar-refractivity contribution in [1.82, 2.24) is 15.3 Å². The van der Waals surface area contributed by atoms with Crippen molar-refractivity contribution in [1.29, 1.82) is 0 Å². The topological polar surface area (TPSA) is 64.1 Å². The van der Waals surface area contributed by atoms with Gasteiger partial charge in [0.15, 0.2) is 0 Å². The third-order valence-corrected chi connectivity index (χ3v) is 2.94. The quantitative estimate of drug-likeness (QED) is 0.890. The van der Waals surface area contributed by atoms with E-state index >= 15 is 0 Å². The minimum atomic E-state index is -2.88. The molecule has 0 unspecified atom stereocenters. The van der Waals surface area contributed by atoms with Crippen LogP contribution in [0.3, 0.4) is 0 Å². The SMILES string of the molecule is C[C@H](NC(=O)Cc1cncnc1)c1cccc(OC(F)F)c1. The van der Waals surface area contributed by atoms with Gasteiger partial charge in [-0.1, -0.05) is 12.1 Å². The molecule has 0 bridgehead atoms. The van der Waals surface area contributed by atoms with Crippen LogP contribution in [0.15, 0.2) is 43.0 Å². The predicted molar refractivity (Wildman–Crippen MR) is 75.4 cm³/mol. The van der Waals surface area contributed by atoms with Gasteiger partial charge in [0.2, 0.25) is 5.91 Å². The molecule has 2 aromatic rings. The van der Waals surface area contributed by atoms with E-state index in [1.165, 1.54) is 18.5 Å². The van der Waals surface area contributed by atoms with Gasteiger partial charge < -0.3 is 10.1 Å². The van der Waals surface area contributed by atoms with Crippen LogP contribution in [0, 0.1) is 0 Å². The van der Waals surface area contributed by atoms with Crippen LogP contribution in [0.1, 0.15) is 24.1 Å². The number of amides is 1. The van der Waals surface area contributed by atoms with E-state index in [1.807, 2.05) is 0 Å². The van der Waals surface area contributed by atoms with Crippen molar-refractivity contribution in [3.8, 4) is 5.75 Å². The largest absolute Gasteiger partial charge is 0.435 e. The molecule has 0 aliphatic rings.